The predicted octanol–water partition coefficient (Wildman–Crippen LogP) is 3.77. The van der Waals surface area contributed by atoms with Gasteiger partial charge in [0.15, 0.2) is 0 Å². The lowest BCUT2D eigenvalue weighted by atomic mass is 10.2. The number of halogens is 3. The van der Waals surface area contributed by atoms with Gasteiger partial charge in [-0.25, -0.2) is 0 Å². The van der Waals surface area contributed by atoms with Gasteiger partial charge < -0.3 is 14.2 Å². The van der Waals surface area contributed by atoms with Gasteiger partial charge in [-0.15, -0.1) is 11.6 Å². The third kappa shape index (κ3) is 5.21. The molecule has 0 radical (unpaired) electrons. The molecule has 0 aliphatic rings. The summed E-state index contributed by atoms with van der Waals surface area (Å²) in [6, 6.07) is 3.36. The van der Waals surface area contributed by atoms with E-state index in [1.807, 2.05) is 0 Å². The molecule has 0 aliphatic heterocycles. The van der Waals surface area contributed by atoms with E-state index in [0.29, 0.717) is 48.1 Å². The highest BCUT2D eigenvalue weighted by Crippen LogP contribution is 2.33. The Balaban J connectivity index is 2.46. The molecule has 0 saturated heterocycles. The number of rotatable bonds is 8. The first-order valence-electron chi connectivity index (χ1n) is 5.42. The van der Waals surface area contributed by atoms with Crippen molar-refractivity contribution in [2.24, 2.45) is 0 Å². The van der Waals surface area contributed by atoms with E-state index in [0.717, 1.165) is 5.56 Å². The van der Waals surface area contributed by atoms with Crippen LogP contribution in [0.1, 0.15) is 5.56 Å². The van der Waals surface area contributed by atoms with E-state index in [2.05, 4.69) is 0 Å². The summed E-state index contributed by atoms with van der Waals surface area (Å²) in [5.74, 6) is 0.853. The molecule has 1 aromatic carbocycles. The fourth-order valence-corrected chi connectivity index (χ4v) is 2.11. The number of alkyl halides is 1. The van der Waals surface area contributed by atoms with Gasteiger partial charge in [-0.1, -0.05) is 23.2 Å². The Morgan fingerprint density at radius 2 is 1.78 bits per heavy atom. The van der Waals surface area contributed by atoms with Crippen LogP contribution >= 0.6 is 34.8 Å². The Hall–Kier alpha value is -0.190. The number of hydrogen-bond acceptors (Lipinski definition) is 3. The van der Waals surface area contributed by atoms with Crippen molar-refractivity contribution in [3.8, 4) is 5.75 Å². The topological polar surface area (TPSA) is 27.7 Å². The van der Waals surface area contributed by atoms with Crippen molar-refractivity contribution in [1.29, 1.82) is 0 Å². The van der Waals surface area contributed by atoms with Crippen molar-refractivity contribution in [2.75, 3.05) is 33.5 Å². The van der Waals surface area contributed by atoms with Gasteiger partial charge in [0.2, 0.25) is 0 Å². The van der Waals surface area contributed by atoms with Crippen molar-refractivity contribution in [2.45, 2.75) is 5.88 Å². The van der Waals surface area contributed by atoms with Gasteiger partial charge >= 0.3 is 0 Å². The second-order valence-electron chi connectivity index (χ2n) is 3.46. The Labute approximate surface area is 122 Å². The summed E-state index contributed by atoms with van der Waals surface area (Å²) in [5.41, 5.74) is 0.769. The highest BCUT2D eigenvalue weighted by Gasteiger charge is 2.09. The van der Waals surface area contributed by atoms with Gasteiger partial charge in [-0.3, -0.25) is 0 Å². The molecule has 6 heteroatoms. The SMILES string of the molecule is COCCOCCOc1c(Cl)cc(Cl)cc1CCl. The lowest BCUT2D eigenvalue weighted by Gasteiger charge is -2.12. The lowest BCUT2D eigenvalue weighted by molar-refractivity contribution is 0.0543. The third-order valence-electron chi connectivity index (χ3n) is 2.14. The largest absolute Gasteiger partial charge is 0.489 e. The summed E-state index contributed by atoms with van der Waals surface area (Å²) in [4.78, 5) is 0. The smallest absolute Gasteiger partial charge is 0.142 e. The predicted molar refractivity (Wildman–Crippen MR) is 74.2 cm³/mol. The van der Waals surface area contributed by atoms with Crippen molar-refractivity contribution in [3.63, 3.8) is 0 Å². The van der Waals surface area contributed by atoms with E-state index in [1.54, 1.807) is 19.2 Å². The fourth-order valence-electron chi connectivity index (χ4n) is 1.32. The van der Waals surface area contributed by atoms with Crippen LogP contribution in [0, 0.1) is 0 Å². The Kier molecular flexibility index (Phi) is 7.79. The number of hydrogen-bond donors (Lipinski definition) is 0. The monoisotopic (exact) mass is 312 g/mol. The number of benzene rings is 1. The lowest BCUT2D eigenvalue weighted by Crippen LogP contribution is -2.10. The molecule has 0 bridgehead atoms. The molecule has 0 aliphatic carbocycles. The van der Waals surface area contributed by atoms with Crippen LogP contribution in [0.4, 0.5) is 0 Å². The summed E-state index contributed by atoms with van der Waals surface area (Å²) in [6.45, 7) is 1.96. The Bertz CT molecular complexity index is 372. The fraction of sp³-hybridized carbons (Fsp3) is 0.500. The molecular weight excluding hydrogens is 298 g/mol. The molecule has 0 aromatic heterocycles. The first-order valence-corrected chi connectivity index (χ1v) is 6.71. The van der Waals surface area contributed by atoms with Gasteiger partial charge in [0.25, 0.3) is 0 Å². The third-order valence-corrected chi connectivity index (χ3v) is 2.92. The minimum Gasteiger partial charge on any atom is -0.489 e. The van der Waals surface area contributed by atoms with Crippen LogP contribution in [0.25, 0.3) is 0 Å². The zero-order valence-electron chi connectivity index (χ0n) is 10.0. The summed E-state index contributed by atoms with van der Waals surface area (Å²) in [5, 5.41) is 0.995. The van der Waals surface area contributed by atoms with E-state index in [4.69, 9.17) is 49.0 Å². The Morgan fingerprint density at radius 3 is 2.44 bits per heavy atom. The van der Waals surface area contributed by atoms with Crippen LogP contribution in [0.5, 0.6) is 5.75 Å². The highest BCUT2D eigenvalue weighted by atomic mass is 35.5. The second-order valence-corrected chi connectivity index (χ2v) is 4.57. The molecule has 1 rings (SSSR count). The van der Waals surface area contributed by atoms with Crippen molar-refractivity contribution in [1.82, 2.24) is 0 Å². The summed E-state index contributed by atoms with van der Waals surface area (Å²) < 4.78 is 15.7. The van der Waals surface area contributed by atoms with Crippen molar-refractivity contribution < 1.29 is 14.2 Å². The molecule has 0 fully saturated rings. The minimum absolute atomic E-state index is 0.292. The second kappa shape index (κ2) is 8.83. The molecule has 0 saturated carbocycles. The maximum absolute atomic E-state index is 6.05. The average molecular weight is 314 g/mol. The van der Waals surface area contributed by atoms with Crippen LogP contribution in [0.3, 0.4) is 0 Å². The molecule has 0 spiro atoms. The van der Waals surface area contributed by atoms with Gasteiger partial charge in [0.1, 0.15) is 12.4 Å². The van der Waals surface area contributed by atoms with Gasteiger partial charge in [0, 0.05) is 17.7 Å². The first-order chi connectivity index (χ1) is 8.69. The van der Waals surface area contributed by atoms with Crippen LogP contribution in [-0.2, 0) is 15.4 Å². The minimum atomic E-state index is 0.292. The molecule has 0 unspecified atom stereocenters. The maximum atomic E-state index is 6.05. The molecule has 1 aromatic rings. The van der Waals surface area contributed by atoms with Gasteiger partial charge in [0.05, 0.1) is 30.7 Å². The van der Waals surface area contributed by atoms with E-state index >= 15 is 0 Å². The molecule has 0 heterocycles. The van der Waals surface area contributed by atoms with Crippen LogP contribution in [-0.4, -0.2) is 33.5 Å². The quantitative estimate of drug-likeness (QED) is 0.540. The zero-order chi connectivity index (χ0) is 13.4. The number of methoxy groups -OCH3 is 1. The van der Waals surface area contributed by atoms with Crippen LogP contribution in [0.2, 0.25) is 10.0 Å². The molecule has 0 N–H and O–H groups in total. The first kappa shape index (κ1) is 15.9. The maximum Gasteiger partial charge on any atom is 0.142 e. The molecular formula is C12H15Cl3O3. The highest BCUT2D eigenvalue weighted by molar-refractivity contribution is 6.35. The van der Waals surface area contributed by atoms with E-state index in [1.165, 1.54) is 0 Å². The van der Waals surface area contributed by atoms with E-state index in [-0.39, 0.29) is 0 Å². The zero-order valence-corrected chi connectivity index (χ0v) is 12.3. The standard InChI is InChI=1S/C12H15Cl3O3/c1-16-2-3-17-4-5-18-12-9(8-13)6-10(14)7-11(12)15/h6-7H,2-5,8H2,1H3. The summed E-state index contributed by atoms with van der Waals surface area (Å²) >= 11 is 17.7. The molecule has 0 amide bonds. The van der Waals surface area contributed by atoms with Crippen molar-refractivity contribution in [3.05, 3.63) is 27.7 Å². The normalized spacial score (nSPS) is 10.7. The van der Waals surface area contributed by atoms with Crippen LogP contribution < -0.4 is 4.74 Å². The summed E-state index contributed by atoms with van der Waals surface area (Å²) in [7, 11) is 1.63. The van der Waals surface area contributed by atoms with Gasteiger partial charge in [-0.2, -0.15) is 0 Å². The van der Waals surface area contributed by atoms with Crippen molar-refractivity contribution >= 4 is 34.8 Å². The Morgan fingerprint density at radius 1 is 1.06 bits per heavy atom. The van der Waals surface area contributed by atoms with Gasteiger partial charge in [-0.05, 0) is 12.1 Å². The van der Waals surface area contributed by atoms with E-state index in [9.17, 15) is 0 Å². The van der Waals surface area contributed by atoms with E-state index < -0.39 is 0 Å². The summed E-state index contributed by atoms with van der Waals surface area (Å²) in [6.07, 6.45) is 0. The molecule has 0 atom stereocenters. The average Bonchev–Trinajstić information content (AvgIpc) is 2.35. The molecule has 3 nitrogen and oxygen atoms in total. The number of ether oxygens (including phenoxy) is 3. The molecule has 18 heavy (non-hydrogen) atoms. The molecule has 102 valence electrons. The van der Waals surface area contributed by atoms with Crippen LogP contribution in [0.15, 0.2) is 12.1 Å².